The number of amides is 1. The number of rotatable bonds is 4. The first-order chi connectivity index (χ1) is 9.24. The van der Waals surface area contributed by atoms with Gasteiger partial charge in [0.25, 0.3) is 0 Å². The maximum atomic E-state index is 12.4. The average molecular weight is 262 g/mol. The Labute approximate surface area is 114 Å². The molecule has 1 saturated heterocycles. The largest absolute Gasteiger partial charge is 0.378 e. The third kappa shape index (κ3) is 3.33. The normalized spacial score (nSPS) is 18.9. The summed E-state index contributed by atoms with van der Waals surface area (Å²) in [5.41, 5.74) is 7.34. The Bertz CT molecular complexity index is 402. The van der Waals surface area contributed by atoms with E-state index >= 15 is 0 Å². The summed E-state index contributed by atoms with van der Waals surface area (Å²) in [6.07, 6.45) is 0.862. The van der Waals surface area contributed by atoms with E-state index in [0.29, 0.717) is 26.3 Å². The van der Waals surface area contributed by atoms with Crippen LogP contribution in [0.5, 0.6) is 0 Å². The van der Waals surface area contributed by atoms with Crippen LogP contribution in [0.15, 0.2) is 30.3 Å². The minimum absolute atomic E-state index is 0.0407. The van der Waals surface area contributed by atoms with Gasteiger partial charge in [0.2, 0.25) is 5.91 Å². The van der Waals surface area contributed by atoms with Gasteiger partial charge in [0.1, 0.15) is 0 Å². The van der Waals surface area contributed by atoms with E-state index < -0.39 is 6.04 Å². The van der Waals surface area contributed by atoms with E-state index in [9.17, 15) is 4.79 Å². The van der Waals surface area contributed by atoms with Crippen molar-refractivity contribution in [3.05, 3.63) is 35.9 Å². The standard InChI is InChI=1S/C15H22N2O2/c1-2-13(12-6-4-3-5-7-12)14(16)15(18)17-8-10-19-11-9-17/h3-7,13-14H,2,8-11,16H2,1H3/t13-,14+/m1/s1. The molecule has 1 aromatic rings. The molecule has 4 nitrogen and oxygen atoms in total. The molecule has 1 heterocycles. The fraction of sp³-hybridized carbons (Fsp3) is 0.533. The minimum Gasteiger partial charge on any atom is -0.378 e. The van der Waals surface area contributed by atoms with Crippen LogP contribution in [0.25, 0.3) is 0 Å². The number of benzene rings is 1. The molecule has 2 rings (SSSR count). The predicted octanol–water partition coefficient (Wildman–Crippen LogP) is 1.37. The highest BCUT2D eigenvalue weighted by Gasteiger charge is 2.29. The van der Waals surface area contributed by atoms with Crippen LogP contribution in [0.4, 0.5) is 0 Å². The molecule has 104 valence electrons. The lowest BCUT2D eigenvalue weighted by Gasteiger charge is -2.32. The molecule has 0 unspecified atom stereocenters. The SMILES string of the molecule is CC[C@H](c1ccccc1)[C@H](N)C(=O)N1CCOCC1. The molecule has 0 spiro atoms. The lowest BCUT2D eigenvalue weighted by molar-refractivity contribution is -0.137. The smallest absolute Gasteiger partial charge is 0.240 e. The number of hydrogen-bond donors (Lipinski definition) is 1. The number of nitrogens with two attached hydrogens (primary N) is 1. The molecule has 1 aliphatic rings. The Hall–Kier alpha value is -1.39. The van der Waals surface area contributed by atoms with Crippen LogP contribution in [-0.4, -0.2) is 43.2 Å². The summed E-state index contributed by atoms with van der Waals surface area (Å²) < 4.78 is 5.27. The summed E-state index contributed by atoms with van der Waals surface area (Å²) >= 11 is 0. The molecule has 2 atom stereocenters. The summed E-state index contributed by atoms with van der Waals surface area (Å²) in [5, 5.41) is 0. The average Bonchev–Trinajstić information content (AvgIpc) is 2.49. The zero-order valence-corrected chi connectivity index (χ0v) is 11.4. The lowest BCUT2D eigenvalue weighted by Crippen LogP contribution is -2.50. The Morgan fingerprint density at radius 2 is 1.95 bits per heavy atom. The van der Waals surface area contributed by atoms with Crippen LogP contribution in [0, 0.1) is 0 Å². The van der Waals surface area contributed by atoms with E-state index in [4.69, 9.17) is 10.5 Å². The van der Waals surface area contributed by atoms with Crippen LogP contribution in [0.3, 0.4) is 0 Å². The fourth-order valence-electron chi connectivity index (χ4n) is 2.56. The highest BCUT2D eigenvalue weighted by atomic mass is 16.5. The van der Waals surface area contributed by atoms with Gasteiger partial charge in [-0.1, -0.05) is 37.3 Å². The van der Waals surface area contributed by atoms with E-state index in [1.807, 2.05) is 35.2 Å². The molecule has 1 amide bonds. The first-order valence-electron chi connectivity index (χ1n) is 6.91. The van der Waals surface area contributed by atoms with Crippen molar-refractivity contribution >= 4 is 5.91 Å². The molecular weight excluding hydrogens is 240 g/mol. The highest BCUT2D eigenvalue weighted by molar-refractivity contribution is 5.83. The summed E-state index contributed by atoms with van der Waals surface area (Å²) in [7, 11) is 0. The van der Waals surface area contributed by atoms with Crippen LogP contribution >= 0.6 is 0 Å². The van der Waals surface area contributed by atoms with E-state index in [1.165, 1.54) is 0 Å². The van der Waals surface area contributed by atoms with Gasteiger partial charge in [-0.25, -0.2) is 0 Å². The lowest BCUT2D eigenvalue weighted by atomic mass is 9.89. The van der Waals surface area contributed by atoms with Gasteiger partial charge in [-0.05, 0) is 12.0 Å². The van der Waals surface area contributed by atoms with Crippen molar-refractivity contribution in [1.82, 2.24) is 4.90 Å². The Kier molecular flexibility index (Phi) is 4.93. The maximum absolute atomic E-state index is 12.4. The van der Waals surface area contributed by atoms with Gasteiger partial charge < -0.3 is 15.4 Å². The van der Waals surface area contributed by atoms with E-state index in [1.54, 1.807) is 0 Å². The highest BCUT2D eigenvalue weighted by Crippen LogP contribution is 2.23. The Balaban J connectivity index is 2.07. The predicted molar refractivity (Wildman–Crippen MR) is 74.8 cm³/mol. The molecular formula is C15H22N2O2. The summed E-state index contributed by atoms with van der Waals surface area (Å²) in [6, 6.07) is 9.58. The molecule has 0 saturated carbocycles. The topological polar surface area (TPSA) is 55.6 Å². The molecule has 19 heavy (non-hydrogen) atoms. The van der Waals surface area contributed by atoms with Gasteiger partial charge in [-0.15, -0.1) is 0 Å². The molecule has 0 bridgehead atoms. The third-order valence-corrected chi connectivity index (χ3v) is 3.71. The number of hydrogen-bond acceptors (Lipinski definition) is 3. The summed E-state index contributed by atoms with van der Waals surface area (Å²) in [5.74, 6) is 0.121. The van der Waals surface area contributed by atoms with Crippen molar-refractivity contribution in [2.24, 2.45) is 5.73 Å². The van der Waals surface area contributed by atoms with E-state index in [0.717, 1.165) is 12.0 Å². The molecule has 1 aromatic carbocycles. The summed E-state index contributed by atoms with van der Waals surface area (Å²) in [4.78, 5) is 14.2. The Morgan fingerprint density at radius 3 is 2.53 bits per heavy atom. The van der Waals surface area contributed by atoms with E-state index in [2.05, 4.69) is 6.92 Å². The number of morpholine rings is 1. The van der Waals surface area contributed by atoms with Gasteiger partial charge in [-0.3, -0.25) is 4.79 Å². The van der Waals surface area contributed by atoms with Crippen molar-refractivity contribution in [2.45, 2.75) is 25.3 Å². The molecule has 4 heteroatoms. The van der Waals surface area contributed by atoms with Gasteiger partial charge in [-0.2, -0.15) is 0 Å². The molecule has 1 aliphatic heterocycles. The third-order valence-electron chi connectivity index (χ3n) is 3.71. The second kappa shape index (κ2) is 6.68. The van der Waals surface area contributed by atoms with E-state index in [-0.39, 0.29) is 11.8 Å². The number of nitrogens with zero attached hydrogens (tertiary/aromatic N) is 1. The Morgan fingerprint density at radius 1 is 1.32 bits per heavy atom. The zero-order valence-electron chi connectivity index (χ0n) is 11.4. The first-order valence-corrected chi connectivity index (χ1v) is 6.91. The van der Waals surface area contributed by atoms with Gasteiger partial charge >= 0.3 is 0 Å². The number of carbonyl (C=O) groups excluding carboxylic acids is 1. The van der Waals surface area contributed by atoms with Crippen LogP contribution in [0.1, 0.15) is 24.8 Å². The zero-order chi connectivity index (χ0) is 13.7. The van der Waals surface area contributed by atoms with Crippen molar-refractivity contribution < 1.29 is 9.53 Å². The van der Waals surface area contributed by atoms with Crippen LogP contribution < -0.4 is 5.73 Å². The second-order valence-electron chi connectivity index (χ2n) is 4.89. The monoisotopic (exact) mass is 262 g/mol. The maximum Gasteiger partial charge on any atom is 0.240 e. The summed E-state index contributed by atoms with van der Waals surface area (Å²) in [6.45, 7) is 4.60. The molecule has 1 fully saturated rings. The van der Waals surface area contributed by atoms with Gasteiger partial charge in [0.05, 0.1) is 19.3 Å². The molecule has 0 aromatic heterocycles. The van der Waals surface area contributed by atoms with Crippen LogP contribution in [0.2, 0.25) is 0 Å². The van der Waals surface area contributed by atoms with Gasteiger partial charge in [0, 0.05) is 19.0 Å². The van der Waals surface area contributed by atoms with Gasteiger partial charge in [0.15, 0.2) is 0 Å². The van der Waals surface area contributed by atoms with Crippen molar-refractivity contribution in [3.8, 4) is 0 Å². The fourth-order valence-corrected chi connectivity index (χ4v) is 2.56. The molecule has 0 aliphatic carbocycles. The minimum atomic E-state index is -0.467. The number of carbonyl (C=O) groups is 1. The number of ether oxygens (including phenoxy) is 1. The molecule has 0 radical (unpaired) electrons. The second-order valence-corrected chi connectivity index (χ2v) is 4.89. The van der Waals surface area contributed by atoms with Crippen molar-refractivity contribution in [1.29, 1.82) is 0 Å². The van der Waals surface area contributed by atoms with Crippen LogP contribution in [-0.2, 0) is 9.53 Å². The van der Waals surface area contributed by atoms with Crippen molar-refractivity contribution in [2.75, 3.05) is 26.3 Å². The van der Waals surface area contributed by atoms with Crippen molar-refractivity contribution in [3.63, 3.8) is 0 Å². The molecule has 2 N–H and O–H groups in total. The quantitative estimate of drug-likeness (QED) is 0.891. The first kappa shape index (κ1) is 14.0.